The Balaban J connectivity index is 0.00000144. The van der Waals surface area contributed by atoms with E-state index >= 15 is 0 Å². The quantitative estimate of drug-likeness (QED) is 0.640. The molecule has 1 atom stereocenters. The Morgan fingerprint density at radius 3 is 2.35 bits per heavy atom. The molecule has 0 aromatic heterocycles. The molecular formula is C14H22BrNO. The topological polar surface area (TPSA) is 24.7 Å². The van der Waals surface area contributed by atoms with Gasteiger partial charge < -0.3 is 27.0 Å². The lowest BCUT2D eigenvalue weighted by molar-refractivity contribution is -0.907. The standard InChI is InChI=1S/C14H21NO.BrH/c16-14(11-13-7-3-1-4-8-13)12-15-9-5-2-6-10-15;/h1,3-4,7-8,14,16H,2,5-6,9-12H2;1H. The third-order valence-corrected chi connectivity index (χ3v) is 3.40. The van der Waals surface area contributed by atoms with Crippen LogP contribution >= 0.6 is 0 Å². The number of likely N-dealkylation sites (tertiary alicyclic amines) is 1. The van der Waals surface area contributed by atoms with Gasteiger partial charge in [0.2, 0.25) is 0 Å². The van der Waals surface area contributed by atoms with Gasteiger partial charge in [0.25, 0.3) is 0 Å². The number of hydrogen-bond donors (Lipinski definition) is 2. The second-order valence-corrected chi connectivity index (χ2v) is 4.86. The molecule has 1 heterocycles. The van der Waals surface area contributed by atoms with Crippen LogP contribution in [0.5, 0.6) is 0 Å². The average Bonchev–Trinajstić information content (AvgIpc) is 2.31. The molecule has 1 saturated heterocycles. The van der Waals surface area contributed by atoms with Crippen LogP contribution in [0.25, 0.3) is 0 Å². The Morgan fingerprint density at radius 1 is 1.06 bits per heavy atom. The van der Waals surface area contributed by atoms with Crippen LogP contribution in [0.4, 0.5) is 0 Å². The molecule has 96 valence electrons. The van der Waals surface area contributed by atoms with Crippen molar-refractivity contribution in [2.24, 2.45) is 0 Å². The van der Waals surface area contributed by atoms with Crippen molar-refractivity contribution < 1.29 is 27.0 Å². The first-order valence-electron chi connectivity index (χ1n) is 6.40. The van der Waals surface area contributed by atoms with E-state index in [1.54, 1.807) is 4.90 Å². The van der Waals surface area contributed by atoms with E-state index in [1.807, 2.05) is 18.2 Å². The molecule has 0 bridgehead atoms. The van der Waals surface area contributed by atoms with E-state index in [-0.39, 0.29) is 23.1 Å². The molecular weight excluding hydrogens is 278 g/mol. The van der Waals surface area contributed by atoms with Crippen LogP contribution in [0, 0.1) is 0 Å². The number of aliphatic hydroxyl groups excluding tert-OH is 1. The highest BCUT2D eigenvalue weighted by Crippen LogP contribution is 2.02. The predicted molar refractivity (Wildman–Crippen MR) is 65.6 cm³/mol. The van der Waals surface area contributed by atoms with Gasteiger partial charge in [0.15, 0.2) is 0 Å². The van der Waals surface area contributed by atoms with Crippen molar-refractivity contribution in [2.45, 2.75) is 31.8 Å². The summed E-state index contributed by atoms with van der Waals surface area (Å²) in [6, 6.07) is 10.3. The van der Waals surface area contributed by atoms with Crippen LogP contribution in [0.1, 0.15) is 24.8 Å². The fourth-order valence-electron chi connectivity index (χ4n) is 2.55. The Bertz CT molecular complexity index is 298. The maximum atomic E-state index is 10.0. The third-order valence-electron chi connectivity index (χ3n) is 3.40. The fraction of sp³-hybridized carbons (Fsp3) is 0.571. The van der Waals surface area contributed by atoms with Crippen molar-refractivity contribution >= 4 is 0 Å². The molecule has 1 aromatic carbocycles. The minimum Gasteiger partial charge on any atom is -1.00 e. The van der Waals surface area contributed by atoms with E-state index in [1.165, 1.54) is 37.9 Å². The lowest BCUT2D eigenvalue weighted by atomic mass is 10.1. The van der Waals surface area contributed by atoms with Crippen molar-refractivity contribution in [3.05, 3.63) is 35.9 Å². The average molecular weight is 300 g/mol. The largest absolute Gasteiger partial charge is 1.00 e. The number of nitrogens with one attached hydrogen (secondary N) is 1. The van der Waals surface area contributed by atoms with Crippen LogP contribution in [-0.2, 0) is 6.42 Å². The number of quaternary nitrogens is 1. The molecule has 2 N–H and O–H groups in total. The van der Waals surface area contributed by atoms with Gasteiger partial charge in [-0.3, -0.25) is 0 Å². The van der Waals surface area contributed by atoms with Crippen molar-refractivity contribution in [3.8, 4) is 0 Å². The van der Waals surface area contributed by atoms with Gasteiger partial charge in [-0.2, -0.15) is 0 Å². The highest BCUT2D eigenvalue weighted by atomic mass is 79.9. The number of aliphatic hydroxyl groups is 1. The molecule has 1 aliphatic rings. The first-order chi connectivity index (χ1) is 7.84. The fourth-order valence-corrected chi connectivity index (χ4v) is 2.55. The monoisotopic (exact) mass is 299 g/mol. The second kappa shape index (κ2) is 7.85. The summed E-state index contributed by atoms with van der Waals surface area (Å²) in [5.41, 5.74) is 1.24. The minimum atomic E-state index is -0.185. The summed E-state index contributed by atoms with van der Waals surface area (Å²) in [6.07, 6.45) is 4.64. The van der Waals surface area contributed by atoms with Gasteiger partial charge in [-0.25, -0.2) is 0 Å². The number of rotatable bonds is 4. The lowest BCUT2D eigenvalue weighted by Gasteiger charge is -2.25. The maximum absolute atomic E-state index is 10.0. The van der Waals surface area contributed by atoms with Crippen molar-refractivity contribution in [1.29, 1.82) is 0 Å². The number of benzene rings is 1. The predicted octanol–water partition coefficient (Wildman–Crippen LogP) is -2.34. The summed E-state index contributed by atoms with van der Waals surface area (Å²) in [7, 11) is 0. The molecule has 0 aliphatic carbocycles. The summed E-state index contributed by atoms with van der Waals surface area (Å²) >= 11 is 0. The first kappa shape index (κ1) is 14.7. The van der Waals surface area contributed by atoms with E-state index in [4.69, 9.17) is 0 Å². The molecule has 17 heavy (non-hydrogen) atoms. The van der Waals surface area contributed by atoms with Gasteiger partial charge >= 0.3 is 0 Å². The van der Waals surface area contributed by atoms with Gasteiger partial charge in [0, 0.05) is 6.42 Å². The highest BCUT2D eigenvalue weighted by molar-refractivity contribution is 5.15. The van der Waals surface area contributed by atoms with Gasteiger partial charge in [-0.1, -0.05) is 30.3 Å². The van der Waals surface area contributed by atoms with Crippen LogP contribution in [0.2, 0.25) is 0 Å². The normalized spacial score (nSPS) is 18.4. The number of halogens is 1. The Morgan fingerprint density at radius 2 is 1.71 bits per heavy atom. The molecule has 0 amide bonds. The molecule has 1 aliphatic heterocycles. The molecule has 0 radical (unpaired) electrons. The zero-order chi connectivity index (χ0) is 11.2. The summed E-state index contributed by atoms with van der Waals surface area (Å²) in [6.45, 7) is 3.40. The molecule has 1 aromatic rings. The van der Waals surface area contributed by atoms with E-state index < -0.39 is 0 Å². The number of piperidine rings is 1. The summed E-state index contributed by atoms with van der Waals surface area (Å²) < 4.78 is 0. The Labute approximate surface area is 114 Å². The van der Waals surface area contributed by atoms with E-state index in [0.29, 0.717) is 0 Å². The lowest BCUT2D eigenvalue weighted by Crippen LogP contribution is -3.13. The van der Waals surface area contributed by atoms with Crippen molar-refractivity contribution in [2.75, 3.05) is 19.6 Å². The Hall–Kier alpha value is -0.380. The molecule has 2 nitrogen and oxygen atoms in total. The van der Waals surface area contributed by atoms with Gasteiger partial charge in [0.1, 0.15) is 12.6 Å². The Kier molecular flexibility index (Phi) is 6.78. The molecule has 1 unspecified atom stereocenters. The van der Waals surface area contributed by atoms with Crippen LogP contribution in [0.3, 0.4) is 0 Å². The summed E-state index contributed by atoms with van der Waals surface area (Å²) in [5.74, 6) is 0. The number of hydrogen-bond acceptors (Lipinski definition) is 1. The van der Waals surface area contributed by atoms with Crippen LogP contribution in [0.15, 0.2) is 30.3 Å². The maximum Gasteiger partial charge on any atom is 0.107 e. The molecule has 0 spiro atoms. The van der Waals surface area contributed by atoms with Crippen molar-refractivity contribution in [3.63, 3.8) is 0 Å². The van der Waals surface area contributed by atoms with E-state index in [2.05, 4.69) is 12.1 Å². The SMILES string of the molecule is OC(Cc1ccccc1)C[NH+]1CCCCC1.[Br-]. The molecule has 2 rings (SSSR count). The summed E-state index contributed by atoms with van der Waals surface area (Å²) in [4.78, 5) is 1.58. The zero-order valence-corrected chi connectivity index (χ0v) is 11.8. The second-order valence-electron chi connectivity index (χ2n) is 4.86. The summed E-state index contributed by atoms with van der Waals surface area (Å²) in [5, 5.41) is 10.0. The zero-order valence-electron chi connectivity index (χ0n) is 10.2. The van der Waals surface area contributed by atoms with Gasteiger partial charge in [-0.15, -0.1) is 0 Å². The van der Waals surface area contributed by atoms with Gasteiger partial charge in [0.05, 0.1) is 13.1 Å². The van der Waals surface area contributed by atoms with Crippen molar-refractivity contribution in [1.82, 2.24) is 0 Å². The molecule has 0 saturated carbocycles. The van der Waals surface area contributed by atoms with Crippen LogP contribution in [-0.4, -0.2) is 30.8 Å². The smallest absolute Gasteiger partial charge is 0.107 e. The highest BCUT2D eigenvalue weighted by Gasteiger charge is 2.17. The van der Waals surface area contributed by atoms with Crippen LogP contribution < -0.4 is 21.9 Å². The molecule has 3 heteroatoms. The third kappa shape index (κ3) is 5.19. The van der Waals surface area contributed by atoms with E-state index in [9.17, 15) is 5.11 Å². The minimum absolute atomic E-state index is 0. The molecule has 1 fully saturated rings. The first-order valence-corrected chi connectivity index (χ1v) is 6.40. The van der Waals surface area contributed by atoms with E-state index in [0.717, 1.165) is 13.0 Å². The van der Waals surface area contributed by atoms with Gasteiger partial charge in [-0.05, 0) is 24.8 Å².